The lowest BCUT2D eigenvalue weighted by Gasteiger charge is -2.32. The molecule has 8 heteroatoms. The van der Waals surface area contributed by atoms with Gasteiger partial charge in [0.15, 0.2) is 0 Å². The second-order valence-electron chi connectivity index (χ2n) is 7.68. The van der Waals surface area contributed by atoms with E-state index in [4.69, 9.17) is 10.5 Å². The molecule has 32 heavy (non-hydrogen) atoms. The number of carbonyl (C=O) groups excluding carboxylic acids is 2. The standard InChI is InChI=1S/C24H25N5O3/c1-32-20-8-4-16(5-9-20)21-14-22(27-15-26-21)29-12-10-18(11-13-29)24(31)28-19-6-2-17(3-7-19)23(25)30/h2-9,14-15,18H,10-13H2,1H3,(H2,25,30)(H,28,31). The van der Waals surface area contributed by atoms with E-state index in [9.17, 15) is 9.59 Å². The zero-order chi connectivity index (χ0) is 22.5. The Labute approximate surface area is 186 Å². The first-order valence-electron chi connectivity index (χ1n) is 10.5. The number of amides is 2. The number of ether oxygens (including phenoxy) is 1. The van der Waals surface area contributed by atoms with Gasteiger partial charge >= 0.3 is 0 Å². The highest BCUT2D eigenvalue weighted by Gasteiger charge is 2.26. The maximum absolute atomic E-state index is 12.7. The highest BCUT2D eigenvalue weighted by Crippen LogP contribution is 2.27. The van der Waals surface area contributed by atoms with Crippen molar-refractivity contribution in [3.63, 3.8) is 0 Å². The minimum Gasteiger partial charge on any atom is -0.497 e. The van der Waals surface area contributed by atoms with Crippen molar-refractivity contribution in [3.8, 4) is 17.0 Å². The van der Waals surface area contributed by atoms with Crippen LogP contribution in [0.2, 0.25) is 0 Å². The number of hydrogen-bond donors (Lipinski definition) is 2. The molecule has 3 aromatic rings. The first kappa shape index (κ1) is 21.3. The second kappa shape index (κ2) is 9.47. The van der Waals surface area contributed by atoms with Gasteiger partial charge in [-0.25, -0.2) is 9.97 Å². The number of carbonyl (C=O) groups is 2. The summed E-state index contributed by atoms with van der Waals surface area (Å²) in [6, 6.07) is 16.3. The van der Waals surface area contributed by atoms with Crippen LogP contribution in [0.1, 0.15) is 23.2 Å². The summed E-state index contributed by atoms with van der Waals surface area (Å²) < 4.78 is 5.21. The van der Waals surface area contributed by atoms with Crippen LogP contribution in [-0.4, -0.2) is 42.0 Å². The van der Waals surface area contributed by atoms with Crippen molar-refractivity contribution < 1.29 is 14.3 Å². The van der Waals surface area contributed by atoms with Crippen molar-refractivity contribution in [1.29, 1.82) is 0 Å². The van der Waals surface area contributed by atoms with E-state index in [2.05, 4.69) is 20.2 Å². The number of methoxy groups -OCH3 is 1. The van der Waals surface area contributed by atoms with E-state index in [0.717, 1.165) is 48.8 Å². The van der Waals surface area contributed by atoms with Gasteiger partial charge in [-0.05, 0) is 61.4 Å². The van der Waals surface area contributed by atoms with Gasteiger partial charge in [0, 0.05) is 41.9 Å². The van der Waals surface area contributed by atoms with Crippen molar-refractivity contribution in [2.24, 2.45) is 11.7 Å². The number of nitrogens with one attached hydrogen (secondary N) is 1. The van der Waals surface area contributed by atoms with Crippen LogP contribution in [0.5, 0.6) is 5.75 Å². The van der Waals surface area contributed by atoms with Crippen LogP contribution < -0.4 is 20.7 Å². The minimum atomic E-state index is -0.491. The molecule has 0 aliphatic carbocycles. The first-order chi connectivity index (χ1) is 15.5. The van der Waals surface area contributed by atoms with Gasteiger partial charge in [0.2, 0.25) is 11.8 Å². The van der Waals surface area contributed by atoms with Crippen LogP contribution >= 0.6 is 0 Å². The number of hydrogen-bond acceptors (Lipinski definition) is 6. The lowest BCUT2D eigenvalue weighted by atomic mass is 9.95. The molecule has 2 amide bonds. The Morgan fingerprint density at radius 1 is 1.03 bits per heavy atom. The van der Waals surface area contributed by atoms with Crippen molar-refractivity contribution >= 4 is 23.3 Å². The molecule has 0 atom stereocenters. The summed E-state index contributed by atoms with van der Waals surface area (Å²) in [5.74, 6) is 1.07. The number of rotatable bonds is 6. The number of aromatic nitrogens is 2. The fourth-order valence-corrected chi connectivity index (χ4v) is 3.77. The maximum atomic E-state index is 12.7. The third kappa shape index (κ3) is 4.85. The molecule has 0 bridgehead atoms. The van der Waals surface area contributed by atoms with Gasteiger partial charge in [-0.3, -0.25) is 9.59 Å². The van der Waals surface area contributed by atoms with Gasteiger partial charge in [0.05, 0.1) is 12.8 Å². The van der Waals surface area contributed by atoms with Gasteiger partial charge in [-0.2, -0.15) is 0 Å². The summed E-state index contributed by atoms with van der Waals surface area (Å²) in [5.41, 5.74) is 8.16. The van der Waals surface area contributed by atoms with E-state index in [0.29, 0.717) is 11.3 Å². The van der Waals surface area contributed by atoms with E-state index in [1.807, 2.05) is 30.3 Å². The molecule has 1 aromatic heterocycles. The highest BCUT2D eigenvalue weighted by atomic mass is 16.5. The molecule has 0 saturated carbocycles. The van der Waals surface area contributed by atoms with Crippen LogP contribution in [0.25, 0.3) is 11.3 Å². The van der Waals surface area contributed by atoms with Crippen LogP contribution in [-0.2, 0) is 4.79 Å². The van der Waals surface area contributed by atoms with Gasteiger partial charge in [0.1, 0.15) is 17.9 Å². The summed E-state index contributed by atoms with van der Waals surface area (Å²) in [7, 11) is 1.64. The SMILES string of the molecule is COc1ccc(-c2cc(N3CCC(C(=O)Nc4ccc(C(N)=O)cc4)CC3)ncn2)cc1. The predicted octanol–water partition coefficient (Wildman–Crippen LogP) is 3.11. The van der Waals surface area contributed by atoms with Gasteiger partial charge in [-0.1, -0.05) is 0 Å². The third-order valence-corrected chi connectivity index (χ3v) is 5.67. The molecule has 1 fully saturated rings. The number of anilines is 2. The molecule has 2 aromatic carbocycles. The van der Waals surface area contributed by atoms with Gasteiger partial charge < -0.3 is 20.7 Å². The molecule has 3 N–H and O–H groups in total. The fourth-order valence-electron chi connectivity index (χ4n) is 3.77. The molecule has 0 unspecified atom stereocenters. The molecule has 0 spiro atoms. The molecule has 1 saturated heterocycles. The molecule has 1 aliphatic rings. The van der Waals surface area contributed by atoms with Crippen molar-refractivity contribution in [1.82, 2.24) is 9.97 Å². The summed E-state index contributed by atoms with van der Waals surface area (Å²) in [6.45, 7) is 1.47. The van der Waals surface area contributed by atoms with Crippen molar-refractivity contribution in [3.05, 3.63) is 66.5 Å². The Morgan fingerprint density at radius 3 is 2.34 bits per heavy atom. The van der Waals surface area contributed by atoms with Gasteiger partial charge in [-0.15, -0.1) is 0 Å². The zero-order valence-corrected chi connectivity index (χ0v) is 17.8. The number of nitrogens with two attached hydrogens (primary N) is 1. The molecule has 1 aliphatic heterocycles. The van der Waals surface area contributed by atoms with E-state index in [1.165, 1.54) is 0 Å². The molecule has 0 radical (unpaired) electrons. The number of piperidine rings is 1. The lowest BCUT2D eigenvalue weighted by molar-refractivity contribution is -0.120. The summed E-state index contributed by atoms with van der Waals surface area (Å²) in [6.07, 6.45) is 3.03. The van der Waals surface area contributed by atoms with E-state index < -0.39 is 5.91 Å². The van der Waals surface area contributed by atoms with Gasteiger partial charge in [0.25, 0.3) is 0 Å². The van der Waals surface area contributed by atoms with Crippen molar-refractivity contribution in [2.75, 3.05) is 30.4 Å². The predicted molar refractivity (Wildman–Crippen MR) is 123 cm³/mol. The summed E-state index contributed by atoms with van der Waals surface area (Å²) in [5, 5.41) is 2.93. The Bertz CT molecular complexity index is 1090. The molecule has 4 rings (SSSR count). The molecule has 164 valence electrons. The van der Waals surface area contributed by atoms with E-state index in [-0.39, 0.29) is 11.8 Å². The Morgan fingerprint density at radius 2 is 1.72 bits per heavy atom. The summed E-state index contributed by atoms with van der Waals surface area (Å²) in [4.78, 5) is 34.8. The molecular weight excluding hydrogens is 406 g/mol. The minimum absolute atomic E-state index is 0.0157. The largest absolute Gasteiger partial charge is 0.497 e. The average molecular weight is 431 g/mol. The van der Waals surface area contributed by atoms with E-state index in [1.54, 1.807) is 37.7 Å². The normalized spacial score (nSPS) is 14.1. The van der Waals surface area contributed by atoms with Crippen LogP contribution in [0.15, 0.2) is 60.9 Å². The zero-order valence-electron chi connectivity index (χ0n) is 17.8. The van der Waals surface area contributed by atoms with Crippen molar-refractivity contribution in [2.45, 2.75) is 12.8 Å². The quantitative estimate of drug-likeness (QED) is 0.621. The van der Waals surface area contributed by atoms with Crippen LogP contribution in [0, 0.1) is 5.92 Å². The summed E-state index contributed by atoms with van der Waals surface area (Å²) >= 11 is 0. The fraction of sp³-hybridized carbons (Fsp3) is 0.250. The maximum Gasteiger partial charge on any atom is 0.248 e. The van der Waals surface area contributed by atoms with Crippen LogP contribution in [0.4, 0.5) is 11.5 Å². The average Bonchev–Trinajstić information content (AvgIpc) is 2.84. The lowest BCUT2D eigenvalue weighted by Crippen LogP contribution is -2.38. The molecule has 2 heterocycles. The first-order valence-corrected chi connectivity index (χ1v) is 10.5. The Balaban J connectivity index is 1.36. The molecule has 8 nitrogen and oxygen atoms in total. The second-order valence-corrected chi connectivity index (χ2v) is 7.68. The topological polar surface area (TPSA) is 110 Å². The highest BCUT2D eigenvalue weighted by molar-refractivity contribution is 5.95. The number of nitrogens with zero attached hydrogens (tertiary/aromatic N) is 3. The number of primary amides is 1. The Kier molecular flexibility index (Phi) is 6.30. The number of benzene rings is 2. The van der Waals surface area contributed by atoms with E-state index >= 15 is 0 Å². The smallest absolute Gasteiger partial charge is 0.248 e. The van der Waals surface area contributed by atoms with Crippen LogP contribution in [0.3, 0.4) is 0 Å². The molecular formula is C24H25N5O3. The third-order valence-electron chi connectivity index (χ3n) is 5.67. The monoisotopic (exact) mass is 431 g/mol. The Hall–Kier alpha value is -3.94.